The minimum atomic E-state index is -0.218. The van der Waals surface area contributed by atoms with Crippen molar-refractivity contribution in [1.82, 2.24) is 10.2 Å². The zero-order chi connectivity index (χ0) is 10.9. The fourth-order valence-electron chi connectivity index (χ4n) is 2.86. The van der Waals surface area contributed by atoms with E-state index in [9.17, 15) is 4.79 Å². The first kappa shape index (κ1) is 13.8. The van der Waals surface area contributed by atoms with E-state index in [2.05, 4.69) is 24.1 Å². The van der Waals surface area contributed by atoms with Crippen molar-refractivity contribution >= 4 is 18.3 Å². The van der Waals surface area contributed by atoms with Crippen LogP contribution in [-0.2, 0) is 4.79 Å². The number of nitrogens with zero attached hydrogens (tertiary/aromatic N) is 1. The summed E-state index contributed by atoms with van der Waals surface area (Å²) in [5.74, 6) is 1.04. The molecule has 0 aliphatic carbocycles. The summed E-state index contributed by atoms with van der Waals surface area (Å²) in [5.41, 5.74) is -0.218. The monoisotopic (exact) mass is 246 g/mol. The maximum Gasteiger partial charge on any atom is 0.242 e. The van der Waals surface area contributed by atoms with Gasteiger partial charge in [-0.25, -0.2) is 0 Å². The van der Waals surface area contributed by atoms with E-state index in [1.807, 2.05) is 0 Å². The third kappa shape index (κ3) is 2.35. The normalized spacial score (nSPS) is 33.9. The van der Waals surface area contributed by atoms with E-state index in [0.29, 0.717) is 11.8 Å². The smallest absolute Gasteiger partial charge is 0.242 e. The molecule has 0 spiro atoms. The summed E-state index contributed by atoms with van der Waals surface area (Å²) < 4.78 is 0. The van der Waals surface area contributed by atoms with E-state index in [1.165, 1.54) is 6.42 Å². The second-order valence-electron chi connectivity index (χ2n) is 5.11. The van der Waals surface area contributed by atoms with Gasteiger partial charge in [0.15, 0.2) is 0 Å². The summed E-state index contributed by atoms with van der Waals surface area (Å²) in [6, 6.07) is 0. The number of halogens is 1. The predicted molar refractivity (Wildman–Crippen MR) is 67.9 cm³/mol. The molecule has 0 bridgehead atoms. The van der Waals surface area contributed by atoms with Crippen molar-refractivity contribution in [3.05, 3.63) is 0 Å². The summed E-state index contributed by atoms with van der Waals surface area (Å²) >= 11 is 0. The van der Waals surface area contributed by atoms with Crippen molar-refractivity contribution < 1.29 is 4.79 Å². The number of rotatable bonds is 2. The van der Waals surface area contributed by atoms with Gasteiger partial charge in [-0.1, -0.05) is 13.8 Å². The van der Waals surface area contributed by atoms with Gasteiger partial charge in [0.25, 0.3) is 0 Å². The van der Waals surface area contributed by atoms with E-state index in [0.717, 1.165) is 38.9 Å². The highest BCUT2D eigenvalue weighted by atomic mass is 35.5. The Bertz CT molecular complexity index is 251. The highest BCUT2D eigenvalue weighted by Crippen LogP contribution is 2.28. The molecule has 94 valence electrons. The predicted octanol–water partition coefficient (Wildman–Crippen LogP) is 1.81. The van der Waals surface area contributed by atoms with Gasteiger partial charge in [0.1, 0.15) is 0 Å². The van der Waals surface area contributed by atoms with Gasteiger partial charge in [-0.15, -0.1) is 12.4 Å². The molecule has 2 heterocycles. The molecule has 1 N–H and O–H groups in total. The summed E-state index contributed by atoms with van der Waals surface area (Å²) in [6.45, 7) is 7.28. The fraction of sp³-hybridized carbons (Fsp3) is 0.917. The number of hydrogen-bond donors (Lipinski definition) is 1. The Morgan fingerprint density at radius 2 is 2.31 bits per heavy atom. The molecule has 2 aliphatic rings. The summed E-state index contributed by atoms with van der Waals surface area (Å²) in [4.78, 5) is 14.5. The minimum Gasteiger partial charge on any atom is -0.341 e. The van der Waals surface area contributed by atoms with E-state index < -0.39 is 0 Å². The van der Waals surface area contributed by atoms with Crippen molar-refractivity contribution in [2.45, 2.75) is 45.1 Å². The molecule has 0 aromatic carbocycles. The maximum absolute atomic E-state index is 12.4. The van der Waals surface area contributed by atoms with Crippen LogP contribution in [0.2, 0.25) is 0 Å². The molecule has 1 amide bonds. The lowest BCUT2D eigenvalue weighted by Gasteiger charge is -2.31. The molecule has 2 atom stereocenters. The van der Waals surface area contributed by atoms with E-state index >= 15 is 0 Å². The van der Waals surface area contributed by atoms with Crippen LogP contribution in [0.3, 0.4) is 0 Å². The van der Waals surface area contributed by atoms with Crippen LogP contribution in [0.4, 0.5) is 0 Å². The molecule has 4 heteroatoms. The van der Waals surface area contributed by atoms with Crippen LogP contribution in [0, 0.1) is 5.92 Å². The van der Waals surface area contributed by atoms with Crippen molar-refractivity contribution in [1.29, 1.82) is 0 Å². The van der Waals surface area contributed by atoms with Gasteiger partial charge in [-0.05, 0) is 38.1 Å². The first-order valence-corrected chi connectivity index (χ1v) is 6.22. The lowest BCUT2D eigenvalue weighted by molar-refractivity contribution is -0.137. The number of hydrogen-bond acceptors (Lipinski definition) is 2. The molecule has 2 unspecified atom stereocenters. The lowest BCUT2D eigenvalue weighted by atomic mass is 9.92. The standard InChI is InChI=1S/C12H22N2O.ClH/c1-3-12(6-4-7-13-12)11(15)14-8-5-10(2)9-14;/h10,13H,3-9H2,1-2H3;1H. The third-order valence-corrected chi connectivity index (χ3v) is 3.97. The molecule has 2 aliphatic heterocycles. The zero-order valence-corrected chi connectivity index (χ0v) is 11.1. The Balaban J connectivity index is 0.00000128. The van der Waals surface area contributed by atoms with Crippen molar-refractivity contribution in [2.24, 2.45) is 5.92 Å². The molecule has 2 saturated heterocycles. The van der Waals surface area contributed by atoms with Gasteiger partial charge in [-0.3, -0.25) is 4.79 Å². The molecule has 0 radical (unpaired) electrons. The Labute approximate surface area is 104 Å². The number of nitrogens with one attached hydrogen (secondary N) is 1. The van der Waals surface area contributed by atoms with E-state index in [4.69, 9.17) is 0 Å². The van der Waals surface area contributed by atoms with Crippen LogP contribution in [0.25, 0.3) is 0 Å². The molecule has 0 aromatic heterocycles. The average Bonchev–Trinajstić information content (AvgIpc) is 2.86. The van der Waals surface area contributed by atoms with E-state index in [1.54, 1.807) is 0 Å². The van der Waals surface area contributed by atoms with Crippen LogP contribution in [0.5, 0.6) is 0 Å². The molecule has 3 nitrogen and oxygen atoms in total. The van der Waals surface area contributed by atoms with Crippen LogP contribution < -0.4 is 5.32 Å². The van der Waals surface area contributed by atoms with Crippen molar-refractivity contribution in [3.63, 3.8) is 0 Å². The first-order chi connectivity index (χ1) is 7.18. The highest BCUT2D eigenvalue weighted by molar-refractivity contribution is 5.87. The summed E-state index contributed by atoms with van der Waals surface area (Å²) in [5, 5.41) is 3.42. The van der Waals surface area contributed by atoms with Crippen LogP contribution in [0.1, 0.15) is 39.5 Å². The van der Waals surface area contributed by atoms with E-state index in [-0.39, 0.29) is 17.9 Å². The molecular formula is C12H23ClN2O. The molecule has 2 rings (SSSR count). The molecule has 16 heavy (non-hydrogen) atoms. The number of amides is 1. The Morgan fingerprint density at radius 1 is 1.56 bits per heavy atom. The van der Waals surface area contributed by atoms with Gasteiger partial charge < -0.3 is 10.2 Å². The van der Waals surface area contributed by atoms with Gasteiger partial charge in [0.05, 0.1) is 5.54 Å². The Morgan fingerprint density at radius 3 is 2.75 bits per heavy atom. The van der Waals surface area contributed by atoms with Gasteiger partial charge in [0.2, 0.25) is 5.91 Å². The molecule has 0 aromatic rings. The zero-order valence-electron chi connectivity index (χ0n) is 10.3. The Hall–Kier alpha value is -0.280. The molecular weight excluding hydrogens is 224 g/mol. The maximum atomic E-state index is 12.4. The quantitative estimate of drug-likeness (QED) is 0.806. The van der Waals surface area contributed by atoms with Gasteiger partial charge in [-0.2, -0.15) is 0 Å². The molecule has 2 fully saturated rings. The largest absolute Gasteiger partial charge is 0.341 e. The van der Waals surface area contributed by atoms with Gasteiger partial charge in [0, 0.05) is 13.1 Å². The number of carbonyl (C=O) groups is 1. The Kier molecular flexibility index (Phi) is 4.62. The van der Waals surface area contributed by atoms with Crippen LogP contribution >= 0.6 is 12.4 Å². The average molecular weight is 247 g/mol. The van der Waals surface area contributed by atoms with Crippen molar-refractivity contribution in [2.75, 3.05) is 19.6 Å². The first-order valence-electron chi connectivity index (χ1n) is 6.22. The van der Waals surface area contributed by atoms with Crippen LogP contribution in [-0.4, -0.2) is 36.0 Å². The lowest BCUT2D eigenvalue weighted by Crippen LogP contribution is -2.54. The van der Waals surface area contributed by atoms with Crippen molar-refractivity contribution in [3.8, 4) is 0 Å². The highest BCUT2D eigenvalue weighted by Gasteiger charge is 2.42. The third-order valence-electron chi connectivity index (χ3n) is 3.97. The fourth-order valence-corrected chi connectivity index (χ4v) is 2.86. The minimum absolute atomic E-state index is 0. The SMILES string of the molecule is CCC1(C(=O)N2CCC(C)C2)CCCN1.Cl. The topological polar surface area (TPSA) is 32.3 Å². The van der Waals surface area contributed by atoms with Gasteiger partial charge >= 0.3 is 0 Å². The second-order valence-corrected chi connectivity index (χ2v) is 5.11. The summed E-state index contributed by atoms with van der Waals surface area (Å²) in [7, 11) is 0. The van der Waals surface area contributed by atoms with Crippen LogP contribution in [0.15, 0.2) is 0 Å². The number of carbonyl (C=O) groups excluding carboxylic acids is 1. The number of likely N-dealkylation sites (tertiary alicyclic amines) is 1. The molecule has 0 saturated carbocycles. The second kappa shape index (κ2) is 5.37. The summed E-state index contributed by atoms with van der Waals surface area (Å²) in [6.07, 6.45) is 4.26.